The number of aromatic nitrogens is 3. The number of rotatable bonds is 2. The molecule has 1 aromatic carbocycles. The largest absolute Gasteiger partial charge is 0.434 e. The normalized spacial score (nSPS) is 12.6. The van der Waals surface area contributed by atoms with Crippen LogP contribution in [0, 0.1) is 13.8 Å². The van der Waals surface area contributed by atoms with Crippen molar-refractivity contribution in [2.24, 2.45) is 0 Å². The Kier molecular flexibility index (Phi) is 4.32. The number of fused-ring (bicyclic) bond motifs is 1. The van der Waals surface area contributed by atoms with Crippen LogP contribution in [0.4, 0.5) is 32.2 Å². The van der Waals surface area contributed by atoms with Crippen LogP contribution in [0.5, 0.6) is 0 Å². The molecule has 0 saturated carbocycles. The zero-order valence-corrected chi connectivity index (χ0v) is 14.4. The lowest BCUT2D eigenvalue weighted by Crippen LogP contribution is -2.11. The van der Waals surface area contributed by atoms with Gasteiger partial charge in [0.1, 0.15) is 5.82 Å². The number of hydrogen-bond acceptors (Lipinski definition) is 3. The Morgan fingerprint density at radius 2 is 1.63 bits per heavy atom. The number of aryl methyl sites for hydroxylation is 2. The van der Waals surface area contributed by atoms with E-state index in [2.05, 4.69) is 15.4 Å². The summed E-state index contributed by atoms with van der Waals surface area (Å²) in [5, 5.41) is 6.59. The Labute approximate surface area is 149 Å². The van der Waals surface area contributed by atoms with Gasteiger partial charge in [0.2, 0.25) is 0 Å². The maximum Gasteiger partial charge on any atom is 0.434 e. The molecule has 0 aliphatic rings. The number of halogens is 6. The van der Waals surface area contributed by atoms with Gasteiger partial charge in [-0.05, 0) is 43.7 Å². The molecule has 0 fully saturated rings. The fourth-order valence-corrected chi connectivity index (χ4v) is 2.91. The molecule has 1 N–H and O–H groups in total. The summed E-state index contributed by atoms with van der Waals surface area (Å²) in [4.78, 5) is 3.59. The number of pyridine rings is 1. The predicted molar refractivity (Wildman–Crippen MR) is 87.9 cm³/mol. The standard InChI is InChI=1S/C17H14F6N4/c1-8-6-10(16(18,19)20)4-5-12(8)27-15(24-3)13-11(26-27)7-9(2)25-14(13)17(21,22)23/h4-7,24H,1-3H3. The molecule has 0 saturated heterocycles. The summed E-state index contributed by atoms with van der Waals surface area (Å²) in [7, 11) is 1.41. The maximum absolute atomic E-state index is 13.4. The molecule has 27 heavy (non-hydrogen) atoms. The summed E-state index contributed by atoms with van der Waals surface area (Å²) in [6, 6.07) is 4.36. The van der Waals surface area contributed by atoms with Crippen molar-refractivity contribution < 1.29 is 26.3 Å². The molecule has 0 unspecified atom stereocenters. The molecule has 0 amide bonds. The first kappa shape index (κ1) is 19.0. The molecule has 0 radical (unpaired) electrons. The van der Waals surface area contributed by atoms with Crippen LogP contribution >= 0.6 is 0 Å². The summed E-state index contributed by atoms with van der Waals surface area (Å²) in [6.45, 7) is 2.85. The van der Waals surface area contributed by atoms with E-state index in [4.69, 9.17) is 0 Å². The molecular formula is C17H14F6N4. The average Bonchev–Trinajstić information content (AvgIpc) is 2.89. The predicted octanol–water partition coefficient (Wildman–Crippen LogP) is 5.12. The molecule has 0 aliphatic heterocycles. The Bertz CT molecular complexity index is 1020. The summed E-state index contributed by atoms with van der Waals surface area (Å²) in [6.07, 6.45) is -9.23. The fraction of sp³-hybridized carbons (Fsp3) is 0.294. The summed E-state index contributed by atoms with van der Waals surface area (Å²) in [5.74, 6) is -0.00677. The van der Waals surface area contributed by atoms with Crippen LogP contribution < -0.4 is 5.32 Å². The van der Waals surface area contributed by atoms with Crippen molar-refractivity contribution in [2.75, 3.05) is 12.4 Å². The number of nitrogens with one attached hydrogen (secondary N) is 1. The van der Waals surface area contributed by atoms with Crippen LogP contribution in [-0.4, -0.2) is 21.8 Å². The van der Waals surface area contributed by atoms with Crippen molar-refractivity contribution in [3.05, 3.63) is 46.8 Å². The minimum Gasteiger partial charge on any atom is -0.372 e. The zero-order chi connectivity index (χ0) is 20.1. The first-order valence-electron chi connectivity index (χ1n) is 7.77. The Balaban J connectivity index is 2.31. The van der Waals surface area contributed by atoms with E-state index in [-0.39, 0.29) is 33.7 Å². The van der Waals surface area contributed by atoms with E-state index in [1.165, 1.54) is 33.0 Å². The molecule has 0 atom stereocenters. The van der Waals surface area contributed by atoms with Crippen molar-refractivity contribution in [1.82, 2.24) is 14.8 Å². The number of benzene rings is 1. The lowest BCUT2D eigenvalue weighted by molar-refractivity contribution is -0.140. The smallest absolute Gasteiger partial charge is 0.372 e. The Hall–Kier alpha value is -2.78. The van der Waals surface area contributed by atoms with E-state index < -0.39 is 23.6 Å². The molecule has 0 bridgehead atoms. The number of anilines is 1. The SMILES string of the molecule is CNc1c2c(C(F)(F)F)nc(C)cc2nn1-c1ccc(C(F)(F)F)cc1C. The van der Waals surface area contributed by atoms with Gasteiger partial charge in [-0.2, -0.15) is 31.4 Å². The van der Waals surface area contributed by atoms with Gasteiger partial charge in [0.15, 0.2) is 5.69 Å². The molecule has 0 aliphatic carbocycles. The quantitative estimate of drug-likeness (QED) is 0.620. The molecule has 3 rings (SSSR count). The second kappa shape index (κ2) is 6.14. The molecule has 10 heteroatoms. The second-order valence-electron chi connectivity index (χ2n) is 6.01. The van der Waals surface area contributed by atoms with Gasteiger partial charge in [0.05, 0.1) is 22.2 Å². The zero-order valence-electron chi connectivity index (χ0n) is 14.4. The summed E-state index contributed by atoms with van der Waals surface area (Å²) < 4.78 is 80.1. The van der Waals surface area contributed by atoms with Crippen LogP contribution in [0.1, 0.15) is 22.5 Å². The van der Waals surface area contributed by atoms with E-state index in [0.717, 1.165) is 16.8 Å². The third-order valence-corrected chi connectivity index (χ3v) is 4.04. The highest BCUT2D eigenvalue weighted by molar-refractivity contribution is 5.93. The topological polar surface area (TPSA) is 42.7 Å². The van der Waals surface area contributed by atoms with Crippen LogP contribution in [-0.2, 0) is 12.4 Å². The van der Waals surface area contributed by atoms with Crippen molar-refractivity contribution in [3.63, 3.8) is 0 Å². The third kappa shape index (κ3) is 3.31. The number of hydrogen-bond donors (Lipinski definition) is 1. The monoisotopic (exact) mass is 388 g/mol. The first-order valence-corrected chi connectivity index (χ1v) is 7.77. The van der Waals surface area contributed by atoms with Crippen molar-refractivity contribution in [1.29, 1.82) is 0 Å². The molecule has 144 valence electrons. The maximum atomic E-state index is 13.4. The number of alkyl halides is 6. The lowest BCUT2D eigenvalue weighted by atomic mass is 10.1. The van der Waals surface area contributed by atoms with Crippen LogP contribution in [0.25, 0.3) is 16.6 Å². The highest BCUT2D eigenvalue weighted by Crippen LogP contribution is 2.39. The van der Waals surface area contributed by atoms with Gasteiger partial charge >= 0.3 is 12.4 Å². The van der Waals surface area contributed by atoms with E-state index in [1.807, 2.05) is 0 Å². The van der Waals surface area contributed by atoms with E-state index in [1.54, 1.807) is 0 Å². The molecule has 3 aromatic rings. The van der Waals surface area contributed by atoms with E-state index in [0.29, 0.717) is 0 Å². The van der Waals surface area contributed by atoms with Crippen molar-refractivity contribution in [3.8, 4) is 5.69 Å². The Morgan fingerprint density at radius 1 is 0.963 bits per heavy atom. The van der Waals surface area contributed by atoms with Gasteiger partial charge in [-0.15, -0.1) is 0 Å². The van der Waals surface area contributed by atoms with Gasteiger partial charge in [-0.3, -0.25) is 0 Å². The highest BCUT2D eigenvalue weighted by Gasteiger charge is 2.37. The minimum absolute atomic E-state index is 0.00677. The summed E-state index contributed by atoms with van der Waals surface area (Å²) in [5.41, 5.74) is -1.33. The molecule has 2 heterocycles. The van der Waals surface area contributed by atoms with Gasteiger partial charge in [-0.1, -0.05) is 0 Å². The van der Waals surface area contributed by atoms with Crippen molar-refractivity contribution in [2.45, 2.75) is 26.2 Å². The molecule has 4 nitrogen and oxygen atoms in total. The average molecular weight is 388 g/mol. The van der Waals surface area contributed by atoms with Crippen LogP contribution in [0.15, 0.2) is 24.3 Å². The number of nitrogens with zero attached hydrogens (tertiary/aromatic N) is 3. The van der Waals surface area contributed by atoms with E-state index in [9.17, 15) is 26.3 Å². The van der Waals surface area contributed by atoms with Crippen molar-refractivity contribution >= 4 is 16.7 Å². The van der Waals surface area contributed by atoms with Gasteiger partial charge < -0.3 is 5.32 Å². The minimum atomic E-state index is -4.71. The Morgan fingerprint density at radius 3 is 2.15 bits per heavy atom. The van der Waals surface area contributed by atoms with Crippen LogP contribution in [0.2, 0.25) is 0 Å². The fourth-order valence-electron chi connectivity index (χ4n) is 2.91. The molecule has 2 aromatic heterocycles. The van der Waals surface area contributed by atoms with Gasteiger partial charge in [-0.25, -0.2) is 9.67 Å². The second-order valence-corrected chi connectivity index (χ2v) is 6.01. The molecular weight excluding hydrogens is 374 g/mol. The van der Waals surface area contributed by atoms with Gasteiger partial charge in [0.25, 0.3) is 0 Å². The van der Waals surface area contributed by atoms with Gasteiger partial charge in [0, 0.05) is 12.7 Å². The third-order valence-electron chi connectivity index (χ3n) is 4.04. The summed E-state index contributed by atoms with van der Waals surface area (Å²) >= 11 is 0. The van der Waals surface area contributed by atoms with E-state index >= 15 is 0 Å². The highest BCUT2D eigenvalue weighted by atomic mass is 19.4. The lowest BCUT2D eigenvalue weighted by Gasteiger charge is -2.14. The first-order chi connectivity index (χ1) is 12.4. The van der Waals surface area contributed by atoms with Crippen LogP contribution in [0.3, 0.4) is 0 Å². The molecule has 0 spiro atoms.